The summed E-state index contributed by atoms with van der Waals surface area (Å²) < 4.78 is 5.71. The number of unbranched alkanes of at least 4 members (excludes halogenated alkanes) is 1. The molecule has 2 amide bonds. The van der Waals surface area contributed by atoms with E-state index in [1.165, 1.54) is 11.8 Å². The molecular weight excluding hydrogens is 320 g/mol. The molecule has 0 spiro atoms. The standard InChI is InChI=1S/C15H18N2O3S2/c1-20-12-7-5-11(6-8-12)16-13(18)4-2-3-9-17-14(19)10-22-15(17)21/h5-8H,2-4,9-10H2,1H3,(H,16,18). The van der Waals surface area contributed by atoms with Crippen molar-refractivity contribution < 1.29 is 14.3 Å². The van der Waals surface area contributed by atoms with E-state index in [0.717, 1.165) is 24.3 Å². The molecule has 1 aromatic carbocycles. The van der Waals surface area contributed by atoms with Crippen molar-refractivity contribution in [1.82, 2.24) is 4.90 Å². The zero-order chi connectivity index (χ0) is 15.9. The topological polar surface area (TPSA) is 58.6 Å². The monoisotopic (exact) mass is 338 g/mol. The van der Waals surface area contributed by atoms with E-state index in [1.807, 2.05) is 0 Å². The summed E-state index contributed by atoms with van der Waals surface area (Å²) in [5.41, 5.74) is 0.748. The van der Waals surface area contributed by atoms with Crippen LogP contribution in [0.2, 0.25) is 0 Å². The highest BCUT2D eigenvalue weighted by Crippen LogP contribution is 2.20. The Kier molecular flexibility index (Phi) is 6.21. The molecule has 1 heterocycles. The normalized spacial score (nSPS) is 14.3. The lowest BCUT2D eigenvalue weighted by Crippen LogP contribution is -2.29. The van der Waals surface area contributed by atoms with Crippen molar-refractivity contribution in [3.63, 3.8) is 0 Å². The second-order valence-corrected chi connectivity index (χ2v) is 6.44. The maximum Gasteiger partial charge on any atom is 0.238 e. The van der Waals surface area contributed by atoms with Gasteiger partial charge in [-0.25, -0.2) is 0 Å². The molecule has 1 aromatic rings. The van der Waals surface area contributed by atoms with Crippen molar-refractivity contribution in [2.24, 2.45) is 0 Å². The fourth-order valence-electron chi connectivity index (χ4n) is 2.05. The Labute approximate surface area is 139 Å². The fourth-order valence-corrected chi connectivity index (χ4v) is 3.17. The highest BCUT2D eigenvalue weighted by molar-refractivity contribution is 8.23. The second-order valence-electron chi connectivity index (χ2n) is 4.83. The molecule has 22 heavy (non-hydrogen) atoms. The van der Waals surface area contributed by atoms with E-state index in [0.29, 0.717) is 23.0 Å². The van der Waals surface area contributed by atoms with Crippen molar-refractivity contribution in [2.75, 3.05) is 24.7 Å². The molecule has 1 aliphatic heterocycles. The average Bonchev–Trinajstić information content (AvgIpc) is 2.83. The lowest BCUT2D eigenvalue weighted by molar-refractivity contribution is -0.124. The van der Waals surface area contributed by atoms with E-state index in [4.69, 9.17) is 17.0 Å². The molecule has 1 aliphatic rings. The number of methoxy groups -OCH3 is 1. The summed E-state index contributed by atoms with van der Waals surface area (Å²) in [5.74, 6) is 1.23. The highest BCUT2D eigenvalue weighted by atomic mass is 32.2. The first kappa shape index (κ1) is 16.8. The third kappa shape index (κ3) is 4.71. The molecule has 0 bridgehead atoms. The molecule has 0 aromatic heterocycles. The van der Waals surface area contributed by atoms with Crippen LogP contribution in [0.25, 0.3) is 0 Å². The predicted octanol–water partition coefficient (Wildman–Crippen LogP) is 2.66. The maximum absolute atomic E-state index is 11.8. The molecule has 0 saturated carbocycles. The Balaban J connectivity index is 1.67. The molecular formula is C15H18N2O3S2. The molecule has 7 heteroatoms. The Morgan fingerprint density at radius 1 is 1.36 bits per heavy atom. The maximum atomic E-state index is 11.8. The third-order valence-electron chi connectivity index (χ3n) is 3.25. The number of nitrogens with zero attached hydrogens (tertiary/aromatic N) is 1. The summed E-state index contributed by atoms with van der Waals surface area (Å²) in [6.45, 7) is 0.598. The molecule has 5 nitrogen and oxygen atoms in total. The number of benzene rings is 1. The fraction of sp³-hybridized carbons (Fsp3) is 0.400. The minimum Gasteiger partial charge on any atom is -0.497 e. The number of hydrogen-bond donors (Lipinski definition) is 1. The van der Waals surface area contributed by atoms with E-state index in [2.05, 4.69) is 5.32 Å². The van der Waals surface area contributed by atoms with E-state index < -0.39 is 0 Å². The Morgan fingerprint density at radius 3 is 2.68 bits per heavy atom. The number of nitrogens with one attached hydrogen (secondary N) is 1. The van der Waals surface area contributed by atoms with Gasteiger partial charge in [0.2, 0.25) is 11.8 Å². The van der Waals surface area contributed by atoms with Gasteiger partial charge in [-0.15, -0.1) is 0 Å². The molecule has 1 fully saturated rings. The van der Waals surface area contributed by atoms with Crippen LogP contribution >= 0.6 is 24.0 Å². The van der Waals surface area contributed by atoms with Crippen molar-refractivity contribution in [3.8, 4) is 5.75 Å². The van der Waals surface area contributed by atoms with Gasteiger partial charge in [0, 0.05) is 18.7 Å². The van der Waals surface area contributed by atoms with Crippen LogP contribution in [0.1, 0.15) is 19.3 Å². The third-order valence-corrected chi connectivity index (χ3v) is 4.68. The molecule has 0 radical (unpaired) electrons. The van der Waals surface area contributed by atoms with Gasteiger partial charge in [0.05, 0.1) is 12.9 Å². The number of carbonyl (C=O) groups excluding carboxylic acids is 2. The van der Waals surface area contributed by atoms with Gasteiger partial charge in [-0.1, -0.05) is 24.0 Å². The van der Waals surface area contributed by atoms with Gasteiger partial charge in [0.25, 0.3) is 0 Å². The number of thiocarbonyl (C=S) groups is 1. The SMILES string of the molecule is COc1ccc(NC(=O)CCCCN2C(=O)CSC2=S)cc1. The number of anilines is 1. The van der Waals surface area contributed by atoms with E-state index >= 15 is 0 Å². The van der Waals surface area contributed by atoms with Crippen LogP contribution in [0.4, 0.5) is 5.69 Å². The zero-order valence-corrected chi connectivity index (χ0v) is 14.0. The Hall–Kier alpha value is -1.60. The minimum absolute atomic E-state index is 0.0325. The van der Waals surface area contributed by atoms with Crippen LogP contribution in [0.5, 0.6) is 5.75 Å². The van der Waals surface area contributed by atoms with Gasteiger partial charge in [0.1, 0.15) is 10.1 Å². The molecule has 118 valence electrons. The summed E-state index contributed by atoms with van der Waals surface area (Å²) in [6.07, 6.45) is 1.91. The van der Waals surface area contributed by atoms with Crippen LogP contribution in [-0.2, 0) is 9.59 Å². The van der Waals surface area contributed by atoms with Crippen LogP contribution in [0.3, 0.4) is 0 Å². The van der Waals surface area contributed by atoms with Crippen LogP contribution in [-0.4, -0.2) is 40.4 Å². The summed E-state index contributed by atoms with van der Waals surface area (Å²) >= 11 is 6.51. The summed E-state index contributed by atoms with van der Waals surface area (Å²) in [6, 6.07) is 7.20. The van der Waals surface area contributed by atoms with Gasteiger partial charge in [-0.05, 0) is 37.1 Å². The van der Waals surface area contributed by atoms with Crippen molar-refractivity contribution in [2.45, 2.75) is 19.3 Å². The van der Waals surface area contributed by atoms with Crippen LogP contribution in [0, 0.1) is 0 Å². The number of amides is 2. The van der Waals surface area contributed by atoms with Crippen LogP contribution in [0.15, 0.2) is 24.3 Å². The molecule has 0 atom stereocenters. The second kappa shape index (κ2) is 8.14. The van der Waals surface area contributed by atoms with Gasteiger partial charge < -0.3 is 10.1 Å². The summed E-state index contributed by atoms with van der Waals surface area (Å²) in [7, 11) is 1.60. The predicted molar refractivity (Wildman–Crippen MR) is 92.2 cm³/mol. The van der Waals surface area contributed by atoms with Crippen LogP contribution < -0.4 is 10.1 Å². The molecule has 0 unspecified atom stereocenters. The number of carbonyl (C=O) groups is 2. The largest absolute Gasteiger partial charge is 0.497 e. The first-order valence-corrected chi connectivity index (χ1v) is 8.40. The van der Waals surface area contributed by atoms with Crippen molar-refractivity contribution >= 4 is 45.8 Å². The smallest absolute Gasteiger partial charge is 0.238 e. The van der Waals surface area contributed by atoms with E-state index in [9.17, 15) is 9.59 Å². The van der Waals surface area contributed by atoms with E-state index in [1.54, 1.807) is 36.3 Å². The lowest BCUT2D eigenvalue weighted by Gasteiger charge is -2.14. The lowest BCUT2D eigenvalue weighted by atomic mass is 10.2. The minimum atomic E-state index is -0.0325. The Bertz CT molecular complexity index is 544. The zero-order valence-electron chi connectivity index (χ0n) is 12.3. The number of rotatable bonds is 7. The van der Waals surface area contributed by atoms with Gasteiger partial charge in [-0.3, -0.25) is 14.5 Å². The Morgan fingerprint density at radius 2 is 2.09 bits per heavy atom. The molecule has 1 N–H and O–H groups in total. The van der Waals surface area contributed by atoms with Gasteiger partial charge in [-0.2, -0.15) is 0 Å². The quantitative estimate of drug-likeness (QED) is 0.612. The first-order chi connectivity index (χ1) is 10.6. The summed E-state index contributed by atoms with van der Waals surface area (Å²) in [5, 5.41) is 2.83. The average molecular weight is 338 g/mol. The van der Waals surface area contributed by atoms with Crippen molar-refractivity contribution in [3.05, 3.63) is 24.3 Å². The first-order valence-electron chi connectivity index (χ1n) is 7.01. The van der Waals surface area contributed by atoms with Gasteiger partial charge >= 0.3 is 0 Å². The van der Waals surface area contributed by atoms with Crippen molar-refractivity contribution in [1.29, 1.82) is 0 Å². The number of hydrogen-bond acceptors (Lipinski definition) is 5. The number of ether oxygens (including phenoxy) is 1. The van der Waals surface area contributed by atoms with Gasteiger partial charge in [0.15, 0.2) is 0 Å². The molecule has 0 aliphatic carbocycles. The molecule has 1 saturated heterocycles. The summed E-state index contributed by atoms with van der Waals surface area (Å²) in [4.78, 5) is 25.0. The number of thioether (sulfide) groups is 1. The van der Waals surface area contributed by atoms with E-state index in [-0.39, 0.29) is 11.8 Å². The molecule has 2 rings (SSSR count). The highest BCUT2D eigenvalue weighted by Gasteiger charge is 2.25.